The number of carbonyl (C=O) groups is 2. The van der Waals surface area contributed by atoms with E-state index >= 15 is 0 Å². The second-order valence-electron chi connectivity index (χ2n) is 8.06. The Morgan fingerprint density at radius 2 is 1.92 bits per heavy atom. The Balaban J connectivity index is 1.58. The molecule has 1 amide bonds. The number of carboxylic acid groups (broad SMARTS) is 1. The van der Waals surface area contributed by atoms with Crippen LogP contribution in [0.25, 0.3) is 0 Å². The minimum atomic E-state index is -0.882. The number of fused-ring (bicyclic) bond motifs is 4. The van der Waals surface area contributed by atoms with Crippen LogP contribution in [-0.4, -0.2) is 39.5 Å². The van der Waals surface area contributed by atoms with Crippen LogP contribution in [0.15, 0.2) is 23.0 Å². The van der Waals surface area contributed by atoms with Crippen LogP contribution in [0.1, 0.15) is 31.9 Å². The number of rotatable bonds is 2. The maximum Gasteiger partial charge on any atom is 0.307 e. The standard InChI is InChI=1S/C18H22N2O4/c1-18(2)14(15(18)17(23)24)16(22)19-7-10-6-11(9-19)12-4-3-5-13(21)20(12)8-10/h3-5,10-11,14-15H,6-9H2,1-2H3,(H,23,24)/t10-,11-,14-,15+/m1/s1. The molecular weight excluding hydrogens is 308 g/mol. The fraction of sp³-hybridized carbons (Fsp3) is 0.611. The molecule has 6 nitrogen and oxygen atoms in total. The monoisotopic (exact) mass is 330 g/mol. The Labute approximate surface area is 140 Å². The van der Waals surface area contributed by atoms with E-state index in [2.05, 4.69) is 0 Å². The lowest BCUT2D eigenvalue weighted by atomic mass is 9.83. The van der Waals surface area contributed by atoms with Crippen molar-refractivity contribution in [2.45, 2.75) is 32.7 Å². The lowest BCUT2D eigenvalue weighted by Gasteiger charge is -2.43. The molecule has 1 saturated carbocycles. The number of hydrogen-bond acceptors (Lipinski definition) is 3. The molecule has 0 radical (unpaired) electrons. The fourth-order valence-corrected chi connectivity index (χ4v) is 4.83. The van der Waals surface area contributed by atoms with Gasteiger partial charge >= 0.3 is 5.97 Å². The zero-order valence-corrected chi connectivity index (χ0v) is 13.9. The van der Waals surface area contributed by atoms with Crippen LogP contribution in [0, 0.1) is 23.2 Å². The molecule has 2 bridgehead atoms. The van der Waals surface area contributed by atoms with Crippen LogP contribution in [0.3, 0.4) is 0 Å². The van der Waals surface area contributed by atoms with Gasteiger partial charge in [0.25, 0.3) is 5.56 Å². The molecule has 1 aliphatic carbocycles. The third kappa shape index (κ3) is 2.12. The summed E-state index contributed by atoms with van der Waals surface area (Å²) in [5.74, 6) is -1.49. The molecule has 4 rings (SSSR count). The van der Waals surface area contributed by atoms with E-state index in [1.165, 1.54) is 0 Å². The van der Waals surface area contributed by atoms with Gasteiger partial charge in [-0.1, -0.05) is 19.9 Å². The van der Waals surface area contributed by atoms with Crippen molar-refractivity contribution in [2.24, 2.45) is 23.2 Å². The molecule has 1 N–H and O–H groups in total. The van der Waals surface area contributed by atoms with Gasteiger partial charge in [-0.2, -0.15) is 0 Å². The van der Waals surface area contributed by atoms with Gasteiger partial charge in [-0.05, 0) is 23.8 Å². The van der Waals surface area contributed by atoms with Crippen LogP contribution in [0.2, 0.25) is 0 Å². The van der Waals surface area contributed by atoms with Crippen LogP contribution < -0.4 is 5.56 Å². The van der Waals surface area contributed by atoms with E-state index in [1.807, 2.05) is 29.4 Å². The predicted molar refractivity (Wildman–Crippen MR) is 86.5 cm³/mol. The van der Waals surface area contributed by atoms with Gasteiger partial charge in [0.2, 0.25) is 5.91 Å². The van der Waals surface area contributed by atoms with Crippen molar-refractivity contribution in [2.75, 3.05) is 13.1 Å². The molecule has 1 aromatic rings. The quantitative estimate of drug-likeness (QED) is 0.882. The van der Waals surface area contributed by atoms with E-state index in [0.717, 1.165) is 12.1 Å². The number of nitrogens with zero attached hydrogens (tertiary/aromatic N) is 2. The maximum atomic E-state index is 12.9. The molecule has 2 aliphatic heterocycles. The molecule has 0 aromatic carbocycles. The van der Waals surface area contributed by atoms with Crippen LogP contribution >= 0.6 is 0 Å². The summed E-state index contributed by atoms with van der Waals surface area (Å²) in [7, 11) is 0. The topological polar surface area (TPSA) is 79.6 Å². The van der Waals surface area contributed by atoms with Crippen LogP contribution in [0.5, 0.6) is 0 Å². The summed E-state index contributed by atoms with van der Waals surface area (Å²) in [5, 5.41) is 9.32. The molecule has 1 saturated heterocycles. The molecule has 0 spiro atoms. The number of carboxylic acids is 1. The first-order valence-corrected chi connectivity index (χ1v) is 8.52. The number of pyridine rings is 1. The van der Waals surface area contributed by atoms with E-state index in [1.54, 1.807) is 12.1 Å². The van der Waals surface area contributed by atoms with Gasteiger partial charge in [0, 0.05) is 37.3 Å². The van der Waals surface area contributed by atoms with Crippen molar-refractivity contribution in [1.82, 2.24) is 9.47 Å². The predicted octanol–water partition coefficient (Wildman–Crippen LogP) is 1.15. The smallest absolute Gasteiger partial charge is 0.307 e. The van der Waals surface area contributed by atoms with E-state index < -0.39 is 23.2 Å². The average Bonchev–Trinajstić information content (AvgIpc) is 3.10. The van der Waals surface area contributed by atoms with Crippen molar-refractivity contribution in [3.63, 3.8) is 0 Å². The van der Waals surface area contributed by atoms with Gasteiger partial charge < -0.3 is 14.6 Å². The Morgan fingerprint density at radius 3 is 2.58 bits per heavy atom. The molecular formula is C18H22N2O4. The second kappa shape index (κ2) is 4.94. The number of amides is 1. The molecule has 6 heteroatoms. The number of likely N-dealkylation sites (tertiary alicyclic amines) is 1. The van der Waals surface area contributed by atoms with Gasteiger partial charge in [-0.25, -0.2) is 0 Å². The van der Waals surface area contributed by atoms with E-state index in [9.17, 15) is 19.5 Å². The Bertz CT molecular complexity index is 781. The van der Waals surface area contributed by atoms with Gasteiger partial charge in [0.1, 0.15) is 0 Å². The van der Waals surface area contributed by atoms with Crippen molar-refractivity contribution in [3.05, 3.63) is 34.2 Å². The van der Waals surface area contributed by atoms with E-state index in [0.29, 0.717) is 19.6 Å². The molecule has 2 fully saturated rings. The minimum absolute atomic E-state index is 0.0243. The SMILES string of the molecule is CC1(C)[C@H](C(=O)O)[C@@H]1C(=O)N1C[C@H]2C[C@H](C1)c1cccc(=O)n1C2. The molecule has 3 heterocycles. The lowest BCUT2D eigenvalue weighted by molar-refractivity contribution is -0.142. The maximum absolute atomic E-state index is 12.9. The highest BCUT2D eigenvalue weighted by atomic mass is 16.4. The molecule has 3 aliphatic rings. The van der Waals surface area contributed by atoms with E-state index in [4.69, 9.17) is 0 Å². The van der Waals surface area contributed by atoms with Gasteiger partial charge in [0.15, 0.2) is 0 Å². The lowest BCUT2D eigenvalue weighted by Crippen LogP contribution is -2.49. The first-order chi connectivity index (χ1) is 11.3. The third-order valence-corrected chi connectivity index (χ3v) is 6.15. The normalized spacial score (nSPS) is 32.8. The summed E-state index contributed by atoms with van der Waals surface area (Å²) < 4.78 is 1.84. The number of hydrogen-bond donors (Lipinski definition) is 1. The largest absolute Gasteiger partial charge is 0.481 e. The minimum Gasteiger partial charge on any atom is -0.481 e. The fourth-order valence-electron chi connectivity index (χ4n) is 4.83. The van der Waals surface area contributed by atoms with E-state index in [-0.39, 0.29) is 23.3 Å². The number of carbonyl (C=O) groups excluding carboxylic acids is 1. The summed E-state index contributed by atoms with van der Waals surface area (Å²) in [6, 6.07) is 5.33. The Morgan fingerprint density at radius 1 is 1.17 bits per heavy atom. The Kier molecular flexibility index (Phi) is 3.18. The molecule has 24 heavy (non-hydrogen) atoms. The number of aromatic nitrogens is 1. The zero-order chi connectivity index (χ0) is 17.2. The number of piperidine rings is 1. The summed E-state index contributed by atoms with van der Waals surface area (Å²) in [6.45, 7) is 5.56. The zero-order valence-electron chi connectivity index (χ0n) is 13.9. The second-order valence-corrected chi connectivity index (χ2v) is 8.06. The van der Waals surface area contributed by atoms with Gasteiger partial charge in [-0.3, -0.25) is 14.4 Å². The Hall–Kier alpha value is -2.11. The molecule has 4 atom stereocenters. The molecule has 128 valence electrons. The average molecular weight is 330 g/mol. The highest BCUT2D eigenvalue weighted by Gasteiger charge is 2.66. The van der Waals surface area contributed by atoms with Crippen LogP contribution in [0.4, 0.5) is 0 Å². The van der Waals surface area contributed by atoms with Crippen molar-refractivity contribution in [1.29, 1.82) is 0 Å². The molecule has 0 unspecified atom stereocenters. The molecule has 1 aromatic heterocycles. The van der Waals surface area contributed by atoms with Crippen LogP contribution in [-0.2, 0) is 16.1 Å². The third-order valence-electron chi connectivity index (χ3n) is 6.15. The van der Waals surface area contributed by atoms with Crippen molar-refractivity contribution < 1.29 is 14.7 Å². The summed E-state index contributed by atoms with van der Waals surface area (Å²) >= 11 is 0. The van der Waals surface area contributed by atoms with Crippen molar-refractivity contribution >= 4 is 11.9 Å². The first-order valence-electron chi connectivity index (χ1n) is 8.52. The van der Waals surface area contributed by atoms with Gasteiger partial charge in [0.05, 0.1) is 11.8 Å². The number of aliphatic carboxylic acids is 1. The highest BCUT2D eigenvalue weighted by Crippen LogP contribution is 2.59. The van der Waals surface area contributed by atoms with Crippen molar-refractivity contribution in [3.8, 4) is 0 Å². The summed E-state index contributed by atoms with van der Waals surface area (Å²) in [4.78, 5) is 38.1. The van der Waals surface area contributed by atoms with Gasteiger partial charge in [-0.15, -0.1) is 0 Å². The summed E-state index contributed by atoms with van der Waals surface area (Å²) in [5.41, 5.74) is 0.557. The first kappa shape index (κ1) is 15.4. The highest BCUT2D eigenvalue weighted by molar-refractivity contribution is 5.91. The summed E-state index contributed by atoms with van der Waals surface area (Å²) in [6.07, 6.45) is 0.990.